The van der Waals surface area contributed by atoms with Gasteiger partial charge < -0.3 is 5.32 Å². The molecule has 2 nitrogen and oxygen atoms in total. The predicted molar refractivity (Wildman–Crippen MR) is 67.5 cm³/mol. The molecule has 0 aliphatic heterocycles. The van der Waals surface area contributed by atoms with E-state index in [1.165, 1.54) is 12.8 Å². The number of rotatable bonds is 5. The molecule has 90 valence electrons. The molecule has 4 unspecified atom stereocenters. The van der Waals surface area contributed by atoms with Gasteiger partial charge in [-0.05, 0) is 31.7 Å². The summed E-state index contributed by atoms with van der Waals surface area (Å²) in [6, 6.07) is 0.595. The van der Waals surface area contributed by atoms with E-state index < -0.39 is 10.8 Å². The fourth-order valence-electron chi connectivity index (χ4n) is 2.42. The highest BCUT2D eigenvalue weighted by molar-refractivity contribution is 7.86. The van der Waals surface area contributed by atoms with Gasteiger partial charge in [-0.1, -0.05) is 27.7 Å². The van der Waals surface area contributed by atoms with E-state index in [9.17, 15) is 4.21 Å². The lowest BCUT2D eigenvalue weighted by atomic mass is 10.1. The fraction of sp³-hybridized carbons (Fsp3) is 1.00. The Morgan fingerprint density at radius 1 is 1.40 bits per heavy atom. The summed E-state index contributed by atoms with van der Waals surface area (Å²) < 4.78 is 12.1. The van der Waals surface area contributed by atoms with Crippen LogP contribution in [0.3, 0.4) is 0 Å². The summed E-state index contributed by atoms with van der Waals surface area (Å²) in [7, 11) is -0.643. The van der Waals surface area contributed by atoms with E-state index in [1.54, 1.807) is 0 Å². The molecular formula is C12H25NOS. The first kappa shape index (κ1) is 13.2. The molecule has 0 bridgehead atoms. The quantitative estimate of drug-likeness (QED) is 0.787. The Labute approximate surface area is 96.7 Å². The van der Waals surface area contributed by atoms with Gasteiger partial charge in [-0.3, -0.25) is 4.21 Å². The maximum Gasteiger partial charge on any atom is 0.0391 e. The van der Waals surface area contributed by atoms with Crippen molar-refractivity contribution in [3.05, 3.63) is 0 Å². The Kier molecular flexibility index (Phi) is 5.27. The Balaban J connectivity index is 2.48. The molecule has 4 atom stereocenters. The number of hydrogen-bond acceptors (Lipinski definition) is 2. The molecule has 0 aromatic rings. The van der Waals surface area contributed by atoms with Crippen LogP contribution in [0.1, 0.15) is 47.0 Å². The summed E-state index contributed by atoms with van der Waals surface area (Å²) in [6.45, 7) is 9.67. The summed E-state index contributed by atoms with van der Waals surface area (Å²) in [4.78, 5) is 0. The lowest BCUT2D eigenvalue weighted by Gasteiger charge is -2.22. The summed E-state index contributed by atoms with van der Waals surface area (Å²) in [5.41, 5.74) is 0. The van der Waals surface area contributed by atoms with Gasteiger partial charge in [0.05, 0.1) is 0 Å². The van der Waals surface area contributed by atoms with Gasteiger partial charge in [0.1, 0.15) is 0 Å². The molecule has 1 aliphatic carbocycles. The highest BCUT2D eigenvalue weighted by Crippen LogP contribution is 2.31. The van der Waals surface area contributed by atoms with Crippen molar-refractivity contribution < 1.29 is 4.21 Å². The normalized spacial score (nSPS) is 33.5. The van der Waals surface area contributed by atoms with Crippen molar-refractivity contribution in [1.82, 2.24) is 5.32 Å². The number of nitrogens with one attached hydrogen (secondary N) is 1. The first-order chi connectivity index (χ1) is 7.07. The molecule has 1 N–H and O–H groups in total. The van der Waals surface area contributed by atoms with Gasteiger partial charge in [-0.2, -0.15) is 0 Å². The van der Waals surface area contributed by atoms with Crippen LogP contribution in [0.2, 0.25) is 0 Å². The van der Waals surface area contributed by atoms with Crippen LogP contribution in [0.15, 0.2) is 0 Å². The van der Waals surface area contributed by atoms with E-state index in [0.29, 0.717) is 22.5 Å². The highest BCUT2D eigenvalue weighted by atomic mass is 32.2. The third kappa shape index (κ3) is 3.28. The molecule has 0 radical (unpaired) electrons. The average Bonchev–Trinajstić information content (AvgIpc) is 2.55. The van der Waals surface area contributed by atoms with Crippen LogP contribution >= 0.6 is 0 Å². The highest BCUT2D eigenvalue weighted by Gasteiger charge is 2.36. The molecule has 0 heterocycles. The predicted octanol–water partition coefficient (Wildman–Crippen LogP) is 2.31. The van der Waals surface area contributed by atoms with Crippen LogP contribution in [0, 0.1) is 5.92 Å². The summed E-state index contributed by atoms with van der Waals surface area (Å²) in [5, 5.41) is 4.29. The number of hydrogen-bond donors (Lipinski definition) is 1. The Morgan fingerprint density at radius 2 is 2.07 bits per heavy atom. The minimum absolute atomic E-state index is 0.308. The third-order valence-electron chi connectivity index (χ3n) is 3.40. The summed E-state index contributed by atoms with van der Waals surface area (Å²) in [6.07, 6.45) is 3.51. The molecule has 1 aliphatic rings. The Bertz CT molecular complexity index is 218. The maximum absolute atomic E-state index is 12.1. The van der Waals surface area contributed by atoms with Crippen molar-refractivity contribution in [2.45, 2.75) is 63.5 Å². The SMILES string of the molecule is CCCNC1CCC(S(=O)C(C)C)C1C. The van der Waals surface area contributed by atoms with Crippen molar-refractivity contribution in [2.24, 2.45) is 5.92 Å². The van der Waals surface area contributed by atoms with Crippen LogP contribution in [-0.2, 0) is 10.8 Å². The first-order valence-electron chi connectivity index (χ1n) is 6.20. The minimum Gasteiger partial charge on any atom is -0.314 e. The van der Waals surface area contributed by atoms with Gasteiger partial charge in [0.2, 0.25) is 0 Å². The molecule has 15 heavy (non-hydrogen) atoms. The van der Waals surface area contributed by atoms with Gasteiger partial charge >= 0.3 is 0 Å². The molecule has 3 heteroatoms. The van der Waals surface area contributed by atoms with E-state index >= 15 is 0 Å². The molecule has 1 saturated carbocycles. The second-order valence-electron chi connectivity index (χ2n) is 4.91. The topological polar surface area (TPSA) is 29.1 Å². The molecule has 0 aromatic heterocycles. The Hall–Kier alpha value is 0.110. The van der Waals surface area contributed by atoms with E-state index in [0.717, 1.165) is 13.0 Å². The van der Waals surface area contributed by atoms with Gasteiger partial charge in [-0.25, -0.2) is 0 Å². The standard InChI is InChI=1S/C12H25NOS/c1-5-8-13-11-6-7-12(10(11)4)15(14)9(2)3/h9-13H,5-8H2,1-4H3. The monoisotopic (exact) mass is 231 g/mol. The smallest absolute Gasteiger partial charge is 0.0391 e. The second kappa shape index (κ2) is 6.00. The van der Waals surface area contributed by atoms with E-state index in [-0.39, 0.29) is 0 Å². The van der Waals surface area contributed by atoms with Gasteiger partial charge in [0.25, 0.3) is 0 Å². The van der Waals surface area contributed by atoms with Crippen LogP contribution in [0.5, 0.6) is 0 Å². The molecule has 1 rings (SSSR count). The summed E-state index contributed by atoms with van der Waals surface area (Å²) >= 11 is 0. The zero-order chi connectivity index (χ0) is 11.4. The van der Waals surface area contributed by atoms with E-state index in [2.05, 4.69) is 33.0 Å². The largest absolute Gasteiger partial charge is 0.314 e. The molecule has 0 spiro atoms. The van der Waals surface area contributed by atoms with Gasteiger partial charge in [-0.15, -0.1) is 0 Å². The lowest BCUT2D eigenvalue weighted by molar-refractivity contribution is 0.429. The van der Waals surface area contributed by atoms with Crippen molar-refractivity contribution >= 4 is 10.8 Å². The lowest BCUT2D eigenvalue weighted by Crippen LogP contribution is -2.36. The van der Waals surface area contributed by atoms with E-state index in [1.807, 2.05) is 0 Å². The molecule has 0 saturated heterocycles. The zero-order valence-corrected chi connectivity index (χ0v) is 11.3. The Morgan fingerprint density at radius 3 is 2.60 bits per heavy atom. The minimum atomic E-state index is -0.643. The van der Waals surface area contributed by atoms with Crippen molar-refractivity contribution in [3.8, 4) is 0 Å². The van der Waals surface area contributed by atoms with Crippen molar-refractivity contribution in [3.63, 3.8) is 0 Å². The molecule has 1 fully saturated rings. The van der Waals surface area contributed by atoms with Crippen LogP contribution in [0.25, 0.3) is 0 Å². The van der Waals surface area contributed by atoms with Crippen LogP contribution < -0.4 is 5.32 Å². The zero-order valence-electron chi connectivity index (χ0n) is 10.5. The average molecular weight is 231 g/mol. The van der Waals surface area contributed by atoms with Gasteiger partial charge in [0, 0.05) is 27.3 Å². The summed E-state index contributed by atoms with van der Waals surface area (Å²) in [5.74, 6) is 0.569. The second-order valence-corrected chi connectivity index (χ2v) is 7.12. The molecular weight excluding hydrogens is 206 g/mol. The van der Waals surface area contributed by atoms with Crippen molar-refractivity contribution in [2.75, 3.05) is 6.54 Å². The van der Waals surface area contributed by atoms with Crippen molar-refractivity contribution in [1.29, 1.82) is 0 Å². The third-order valence-corrected chi connectivity index (χ3v) is 5.59. The van der Waals surface area contributed by atoms with Crippen LogP contribution in [-0.4, -0.2) is 27.3 Å². The van der Waals surface area contributed by atoms with E-state index in [4.69, 9.17) is 0 Å². The van der Waals surface area contributed by atoms with Gasteiger partial charge in [0.15, 0.2) is 0 Å². The maximum atomic E-state index is 12.1. The molecule has 0 aromatic carbocycles. The first-order valence-corrected chi connectivity index (χ1v) is 7.48. The molecule has 0 amide bonds. The fourth-order valence-corrected chi connectivity index (χ4v) is 4.10. The van der Waals surface area contributed by atoms with Crippen LogP contribution in [0.4, 0.5) is 0 Å².